The number of aromatic amines is 1. The Labute approximate surface area is 392 Å². The van der Waals surface area contributed by atoms with Crippen LogP contribution in [0.15, 0.2) is 70.5 Å². The molecule has 0 saturated carbocycles. The highest BCUT2D eigenvalue weighted by Crippen LogP contribution is 2.22. The molecule has 0 aliphatic heterocycles. The number of unbranched alkanes of at least 4 members (excludes halogenated alkanes) is 3. The zero-order valence-electron chi connectivity index (χ0n) is 39.0. The van der Waals surface area contributed by atoms with Crippen molar-refractivity contribution in [1.29, 1.82) is 10.5 Å². The van der Waals surface area contributed by atoms with Crippen LogP contribution in [-0.2, 0) is 19.1 Å². The normalized spacial score (nSPS) is 12.2. The van der Waals surface area contributed by atoms with E-state index in [4.69, 9.17) is 9.47 Å². The summed E-state index contributed by atoms with van der Waals surface area (Å²) in [6, 6.07) is 18.8. The Kier molecular flexibility index (Phi) is 22.0. The highest BCUT2D eigenvalue weighted by Gasteiger charge is 2.17. The van der Waals surface area contributed by atoms with Crippen molar-refractivity contribution in [3.05, 3.63) is 92.9 Å². The quantitative estimate of drug-likeness (QED) is 0.0141. The van der Waals surface area contributed by atoms with E-state index in [1.165, 1.54) is 18.2 Å². The number of urea groups is 1. The highest BCUT2D eigenvalue weighted by molar-refractivity contribution is 5.98. The molecule has 2 atom stereocenters. The molecule has 2 heterocycles. The molecule has 18 heteroatoms. The van der Waals surface area contributed by atoms with Crippen molar-refractivity contribution in [2.45, 2.75) is 98.8 Å². The molecular formula is C49H62N12O6. The van der Waals surface area contributed by atoms with E-state index in [0.717, 1.165) is 51.4 Å². The highest BCUT2D eigenvalue weighted by atomic mass is 16.5. The summed E-state index contributed by atoms with van der Waals surface area (Å²) in [6.07, 6.45) is 12.1. The first kappa shape index (κ1) is 52.0. The van der Waals surface area contributed by atoms with E-state index < -0.39 is 23.5 Å². The lowest BCUT2D eigenvalue weighted by molar-refractivity contribution is -0.140. The molecule has 4 aromatic rings. The molecule has 18 nitrogen and oxygen atoms in total. The average Bonchev–Trinajstić information content (AvgIpc) is 3.31. The molecule has 0 saturated heterocycles. The first-order valence-electron chi connectivity index (χ1n) is 22.9. The van der Waals surface area contributed by atoms with Gasteiger partial charge in [0.2, 0.25) is 23.8 Å². The maximum absolute atomic E-state index is 12.8. The van der Waals surface area contributed by atoms with E-state index in [9.17, 15) is 29.7 Å². The van der Waals surface area contributed by atoms with E-state index >= 15 is 0 Å². The summed E-state index contributed by atoms with van der Waals surface area (Å²) in [4.78, 5) is 69.8. The molecule has 0 fully saturated rings. The number of aromatic nitrogens is 5. The third-order valence-electron chi connectivity index (χ3n) is 10.5. The molecule has 354 valence electrons. The third-order valence-corrected chi connectivity index (χ3v) is 10.5. The van der Waals surface area contributed by atoms with Crippen LogP contribution in [0.3, 0.4) is 0 Å². The molecule has 67 heavy (non-hydrogen) atoms. The third kappa shape index (κ3) is 18.8. The van der Waals surface area contributed by atoms with Crippen LogP contribution in [-0.4, -0.2) is 69.2 Å². The van der Waals surface area contributed by atoms with Gasteiger partial charge in [-0.15, -0.1) is 0 Å². The smallest absolute Gasteiger partial charge is 0.348 e. The number of rotatable bonds is 27. The van der Waals surface area contributed by atoms with E-state index in [1.54, 1.807) is 55.5 Å². The first-order chi connectivity index (χ1) is 32.4. The van der Waals surface area contributed by atoms with E-state index in [0.29, 0.717) is 54.1 Å². The van der Waals surface area contributed by atoms with Crippen molar-refractivity contribution in [1.82, 2.24) is 30.2 Å². The van der Waals surface area contributed by atoms with Crippen LogP contribution >= 0.6 is 0 Å². The molecule has 2 aromatic carbocycles. The Hall–Kier alpha value is -7.60. The number of esters is 2. The number of nitriles is 2. The van der Waals surface area contributed by atoms with Gasteiger partial charge in [-0.05, 0) is 92.0 Å². The summed E-state index contributed by atoms with van der Waals surface area (Å²) in [5.41, 5.74) is 2.39. The van der Waals surface area contributed by atoms with Crippen molar-refractivity contribution >= 4 is 65.3 Å². The Balaban J connectivity index is 1.44. The minimum absolute atomic E-state index is 0.0561. The van der Waals surface area contributed by atoms with Crippen molar-refractivity contribution in [3.63, 3.8) is 0 Å². The van der Waals surface area contributed by atoms with Gasteiger partial charge in [0, 0.05) is 36.2 Å². The van der Waals surface area contributed by atoms with Crippen LogP contribution in [0.5, 0.6) is 0 Å². The number of hydrogen-bond acceptors (Lipinski definition) is 15. The lowest BCUT2D eigenvalue weighted by Gasteiger charge is -2.14. The van der Waals surface area contributed by atoms with Crippen LogP contribution < -0.4 is 32.1 Å². The van der Waals surface area contributed by atoms with Crippen molar-refractivity contribution < 1.29 is 23.9 Å². The monoisotopic (exact) mass is 914 g/mol. The molecule has 2 aromatic heterocycles. The molecule has 0 bridgehead atoms. The van der Waals surface area contributed by atoms with Gasteiger partial charge in [0.15, 0.2) is 0 Å². The number of amides is 2. The van der Waals surface area contributed by atoms with E-state index in [1.807, 2.05) is 12.1 Å². The number of anilines is 6. The standard InChI is InChI=1S/C49H62N12O6/c1-6-10-14-34(8-3)31-66-43(63)38(29-50)27-36-16-20-40(21-17-36)55-47-58-45(52-24-12-13-25-53-49(65)61-46-54-33(5)26-42(62)57-46)59-48(60-47)56-41-22-18-37(19-23-41)28-39(30-51)44(64)67-32-35(9-4)15-11-7-2/h16-23,26-28,34-35H,6-15,24-25,31-32H2,1-5H3,(H3,52,55,56,58,59,60)(H3,53,54,57,61,62,65)/b38-27+,39-28+. The van der Waals surface area contributed by atoms with Crippen molar-refractivity contribution in [2.75, 3.05) is 47.6 Å². The fourth-order valence-electron chi connectivity index (χ4n) is 6.54. The van der Waals surface area contributed by atoms with Crippen LogP contribution in [0.1, 0.15) is 109 Å². The maximum atomic E-state index is 12.8. The molecule has 0 radical (unpaired) electrons. The Bertz CT molecular complexity index is 2310. The van der Waals surface area contributed by atoms with Gasteiger partial charge in [-0.3, -0.25) is 10.1 Å². The van der Waals surface area contributed by atoms with Gasteiger partial charge in [-0.1, -0.05) is 90.5 Å². The number of nitrogens with zero attached hydrogens (tertiary/aromatic N) is 6. The Morgan fingerprint density at radius 2 is 1.16 bits per heavy atom. The lowest BCUT2D eigenvalue weighted by atomic mass is 10.0. The van der Waals surface area contributed by atoms with Gasteiger partial charge in [-0.2, -0.15) is 30.5 Å². The number of carbonyl (C=O) groups is 3. The predicted octanol–water partition coefficient (Wildman–Crippen LogP) is 9.10. The van der Waals surface area contributed by atoms with Crippen LogP contribution in [0.25, 0.3) is 12.2 Å². The zero-order chi connectivity index (χ0) is 48.4. The number of nitrogens with one attached hydrogen (secondary N) is 6. The molecule has 2 unspecified atom stereocenters. The number of carbonyl (C=O) groups excluding carboxylic acids is 3. The van der Waals surface area contributed by atoms with Crippen molar-refractivity contribution in [3.8, 4) is 12.1 Å². The van der Waals surface area contributed by atoms with Gasteiger partial charge in [0.05, 0.1) is 13.2 Å². The fourth-order valence-corrected chi connectivity index (χ4v) is 6.54. The number of hydrogen-bond donors (Lipinski definition) is 6. The molecule has 0 aliphatic rings. The summed E-state index contributed by atoms with van der Waals surface area (Å²) in [5.74, 6) is -0.0860. The predicted molar refractivity (Wildman–Crippen MR) is 259 cm³/mol. The number of benzene rings is 2. The van der Waals surface area contributed by atoms with E-state index in [2.05, 4.69) is 79.2 Å². The second-order valence-corrected chi connectivity index (χ2v) is 15.9. The molecule has 6 N–H and O–H groups in total. The Morgan fingerprint density at radius 3 is 1.61 bits per heavy atom. The van der Waals surface area contributed by atoms with Gasteiger partial charge in [0.1, 0.15) is 23.3 Å². The topological polar surface area (TPSA) is 262 Å². The second-order valence-electron chi connectivity index (χ2n) is 15.9. The van der Waals surface area contributed by atoms with E-state index in [-0.39, 0.29) is 60.0 Å². The average molecular weight is 915 g/mol. The lowest BCUT2D eigenvalue weighted by Crippen LogP contribution is -2.31. The molecule has 0 aliphatic carbocycles. The molecule has 0 spiro atoms. The Morgan fingerprint density at radius 1 is 0.687 bits per heavy atom. The SMILES string of the molecule is CCCCC(CC)COC(=O)/C(C#N)=C/c1ccc(Nc2nc(NCCCCNC(=O)Nc3nc(=O)cc(C)[nH]3)nc(Nc3ccc(/C=C(\C#N)C(=O)OCC(CC)CCCC)cc3)n2)cc1. The van der Waals surface area contributed by atoms with Crippen molar-refractivity contribution in [2.24, 2.45) is 11.8 Å². The summed E-state index contributed by atoms with van der Waals surface area (Å²) in [6.45, 7) is 11.4. The van der Waals surface area contributed by atoms with Gasteiger partial charge in [-0.25, -0.2) is 14.4 Å². The number of H-pyrrole nitrogens is 1. The van der Waals surface area contributed by atoms with Gasteiger partial charge in [0.25, 0.3) is 5.56 Å². The minimum atomic E-state index is -0.655. The van der Waals surface area contributed by atoms with Crippen LogP contribution in [0, 0.1) is 41.4 Å². The fraction of sp³-hybridized carbons (Fsp3) is 0.429. The molecular weight excluding hydrogens is 853 g/mol. The minimum Gasteiger partial charge on any atom is -0.461 e. The zero-order valence-corrected chi connectivity index (χ0v) is 39.0. The maximum Gasteiger partial charge on any atom is 0.348 e. The largest absolute Gasteiger partial charge is 0.461 e. The first-order valence-corrected chi connectivity index (χ1v) is 22.9. The van der Waals surface area contributed by atoms with Crippen LogP contribution in [0.2, 0.25) is 0 Å². The summed E-state index contributed by atoms with van der Waals surface area (Å²) < 4.78 is 11.0. The summed E-state index contributed by atoms with van der Waals surface area (Å²) >= 11 is 0. The summed E-state index contributed by atoms with van der Waals surface area (Å²) in [7, 11) is 0. The van der Waals surface area contributed by atoms with Crippen LogP contribution in [0.4, 0.5) is 40.0 Å². The van der Waals surface area contributed by atoms with Gasteiger partial charge < -0.3 is 35.7 Å². The second kappa shape index (κ2) is 28.3. The number of aryl methyl sites for hydroxylation is 1. The molecule has 4 rings (SSSR count). The molecule has 2 amide bonds. The number of ether oxygens (including phenoxy) is 2. The van der Waals surface area contributed by atoms with Gasteiger partial charge >= 0.3 is 18.0 Å². The summed E-state index contributed by atoms with van der Waals surface area (Å²) in [5, 5.41) is 34.3.